The van der Waals surface area contributed by atoms with Crippen molar-refractivity contribution in [1.29, 1.82) is 0 Å². The smallest absolute Gasteiger partial charge is 0.306 e. The van der Waals surface area contributed by atoms with E-state index in [9.17, 15) is 29.4 Å². The molecule has 0 radical (unpaired) electrons. The SMILES string of the molecule is C[C@]12CCC(=O)C=C1CC[C@@H]1[C@@H]2[C@@H](O)C[C@@]2(C)[C@H]1CC[C@@]2(O)C(=O)COC(=O)CCCC(=O)O. The van der Waals surface area contributed by atoms with Crippen molar-refractivity contribution >= 4 is 23.5 Å². The summed E-state index contributed by atoms with van der Waals surface area (Å²) in [5.41, 5.74) is -1.63. The molecule has 4 rings (SSSR count). The highest BCUT2D eigenvalue weighted by atomic mass is 16.5. The molecule has 0 aromatic rings. The second-order valence-corrected chi connectivity index (χ2v) is 11.3. The number of carbonyl (C=O) groups excluding carboxylic acids is 3. The summed E-state index contributed by atoms with van der Waals surface area (Å²) in [6.07, 6.45) is 4.97. The molecular weight excluding hydrogens is 440 g/mol. The van der Waals surface area contributed by atoms with Gasteiger partial charge < -0.3 is 20.1 Å². The average molecular weight is 477 g/mol. The maximum Gasteiger partial charge on any atom is 0.306 e. The standard InChI is InChI=1S/C26H36O8/c1-24-10-8-16(27)12-15(24)6-7-17-18-9-11-26(33,25(18,2)13-19(28)23(17)24)20(29)14-34-22(32)5-3-4-21(30)31/h12,17-19,23,28,33H,3-11,13-14H2,1-2H3,(H,30,31)/t17-,18-,19-,23+,24-,25-,26+/m0/s1. The quantitative estimate of drug-likeness (QED) is 0.477. The number of fused-ring (bicyclic) bond motifs is 5. The molecule has 0 amide bonds. The van der Waals surface area contributed by atoms with Crippen molar-refractivity contribution in [3.63, 3.8) is 0 Å². The molecule has 3 saturated carbocycles. The fraction of sp³-hybridized carbons (Fsp3) is 0.769. The molecule has 0 aromatic carbocycles. The molecule has 4 aliphatic rings. The zero-order chi connectivity index (χ0) is 24.9. The van der Waals surface area contributed by atoms with Gasteiger partial charge in [0, 0.05) is 24.7 Å². The van der Waals surface area contributed by atoms with E-state index in [1.54, 1.807) is 6.08 Å². The summed E-state index contributed by atoms with van der Waals surface area (Å²) >= 11 is 0. The number of aliphatic hydroxyl groups is 2. The number of hydrogen-bond donors (Lipinski definition) is 3. The van der Waals surface area contributed by atoms with Gasteiger partial charge in [0.2, 0.25) is 5.78 Å². The lowest BCUT2D eigenvalue weighted by Gasteiger charge is -2.60. The van der Waals surface area contributed by atoms with E-state index in [1.807, 2.05) is 6.92 Å². The number of allylic oxidation sites excluding steroid dienone is 1. The number of Topliss-reactive ketones (excluding diaryl/α,β-unsaturated/α-hetero) is 1. The summed E-state index contributed by atoms with van der Waals surface area (Å²) in [6, 6.07) is 0. The number of carboxylic acids is 1. The Hall–Kier alpha value is -2.06. The molecule has 8 heteroatoms. The first-order chi connectivity index (χ1) is 15.9. The number of rotatable bonds is 7. The lowest BCUT2D eigenvalue weighted by atomic mass is 9.45. The van der Waals surface area contributed by atoms with E-state index in [1.165, 1.54) is 0 Å². The van der Waals surface area contributed by atoms with E-state index in [2.05, 4.69) is 6.92 Å². The molecule has 0 aliphatic heterocycles. The van der Waals surface area contributed by atoms with Crippen LogP contribution in [-0.4, -0.2) is 57.1 Å². The largest absolute Gasteiger partial charge is 0.481 e. The molecule has 34 heavy (non-hydrogen) atoms. The molecular formula is C26H36O8. The van der Waals surface area contributed by atoms with Crippen LogP contribution in [0.4, 0.5) is 0 Å². The Kier molecular flexibility index (Phi) is 6.53. The third kappa shape index (κ3) is 3.92. The number of esters is 1. The summed E-state index contributed by atoms with van der Waals surface area (Å²) in [4.78, 5) is 47.7. The molecule has 3 N–H and O–H groups in total. The summed E-state index contributed by atoms with van der Waals surface area (Å²) in [7, 11) is 0. The normalized spacial score (nSPS) is 41.1. The van der Waals surface area contributed by atoms with Crippen molar-refractivity contribution in [3.05, 3.63) is 11.6 Å². The second kappa shape index (κ2) is 8.86. The summed E-state index contributed by atoms with van der Waals surface area (Å²) in [6.45, 7) is 3.49. The average Bonchev–Trinajstić information content (AvgIpc) is 3.03. The second-order valence-electron chi connectivity index (χ2n) is 11.3. The van der Waals surface area contributed by atoms with Crippen molar-refractivity contribution in [3.8, 4) is 0 Å². The summed E-state index contributed by atoms with van der Waals surface area (Å²) in [5, 5.41) is 31.7. The highest BCUT2D eigenvalue weighted by Crippen LogP contribution is 2.67. The molecule has 0 aromatic heterocycles. The molecule has 8 nitrogen and oxygen atoms in total. The number of aliphatic hydroxyl groups excluding tert-OH is 1. The zero-order valence-corrected chi connectivity index (χ0v) is 20.0. The van der Waals surface area contributed by atoms with Crippen molar-refractivity contribution in [1.82, 2.24) is 0 Å². The van der Waals surface area contributed by atoms with Gasteiger partial charge in [-0.1, -0.05) is 19.4 Å². The number of ketones is 2. The van der Waals surface area contributed by atoms with E-state index in [0.29, 0.717) is 12.8 Å². The maximum absolute atomic E-state index is 13.2. The minimum Gasteiger partial charge on any atom is -0.481 e. The van der Waals surface area contributed by atoms with Crippen LogP contribution in [0.5, 0.6) is 0 Å². The molecule has 4 aliphatic carbocycles. The molecule has 0 heterocycles. The lowest BCUT2D eigenvalue weighted by Crippen LogP contribution is -2.62. The monoisotopic (exact) mass is 476 g/mol. The first-order valence-corrected chi connectivity index (χ1v) is 12.5. The number of carbonyl (C=O) groups is 4. The van der Waals surface area contributed by atoms with E-state index < -0.39 is 41.4 Å². The molecule has 0 spiro atoms. The van der Waals surface area contributed by atoms with Gasteiger partial charge in [0.1, 0.15) is 5.60 Å². The number of ether oxygens (including phenoxy) is 1. The Bertz CT molecular complexity index is 924. The maximum atomic E-state index is 13.2. The van der Waals surface area contributed by atoms with Crippen molar-refractivity contribution in [2.24, 2.45) is 28.6 Å². The van der Waals surface area contributed by atoms with Crippen LogP contribution in [0, 0.1) is 28.6 Å². The van der Waals surface area contributed by atoms with Crippen LogP contribution in [0.3, 0.4) is 0 Å². The fourth-order valence-corrected chi connectivity index (χ4v) is 7.87. The van der Waals surface area contributed by atoms with Crippen LogP contribution < -0.4 is 0 Å². The third-order valence-electron chi connectivity index (χ3n) is 9.65. The van der Waals surface area contributed by atoms with Gasteiger partial charge in [-0.3, -0.25) is 19.2 Å². The fourth-order valence-electron chi connectivity index (χ4n) is 7.87. The topological polar surface area (TPSA) is 138 Å². The lowest BCUT2D eigenvalue weighted by molar-refractivity contribution is -0.184. The molecule has 3 fully saturated rings. The summed E-state index contributed by atoms with van der Waals surface area (Å²) < 4.78 is 5.07. The Morgan fingerprint density at radius 2 is 1.85 bits per heavy atom. The van der Waals surface area contributed by atoms with E-state index in [0.717, 1.165) is 24.8 Å². The van der Waals surface area contributed by atoms with Gasteiger partial charge in [-0.05, 0) is 74.2 Å². The third-order valence-corrected chi connectivity index (χ3v) is 9.65. The Labute approximate surface area is 199 Å². The van der Waals surface area contributed by atoms with Crippen LogP contribution in [0.25, 0.3) is 0 Å². The van der Waals surface area contributed by atoms with Crippen LogP contribution in [0.2, 0.25) is 0 Å². The van der Waals surface area contributed by atoms with E-state index >= 15 is 0 Å². The highest BCUT2D eigenvalue weighted by Gasteiger charge is 2.68. The van der Waals surface area contributed by atoms with E-state index in [-0.39, 0.29) is 61.1 Å². The molecule has 0 saturated heterocycles. The van der Waals surface area contributed by atoms with Gasteiger partial charge in [0.25, 0.3) is 0 Å². The van der Waals surface area contributed by atoms with Gasteiger partial charge in [-0.15, -0.1) is 0 Å². The summed E-state index contributed by atoms with van der Waals surface area (Å²) in [5.74, 6) is -1.88. The Morgan fingerprint density at radius 1 is 1.12 bits per heavy atom. The number of hydrogen-bond acceptors (Lipinski definition) is 7. The Balaban J connectivity index is 1.49. The predicted octanol–water partition coefficient (Wildman–Crippen LogP) is 2.59. The van der Waals surface area contributed by atoms with Crippen LogP contribution in [0.1, 0.15) is 78.1 Å². The van der Waals surface area contributed by atoms with E-state index in [4.69, 9.17) is 9.84 Å². The number of aliphatic carboxylic acids is 1. The van der Waals surface area contributed by atoms with Crippen molar-refractivity contribution in [2.45, 2.75) is 89.8 Å². The zero-order valence-electron chi connectivity index (χ0n) is 20.0. The molecule has 7 atom stereocenters. The minimum absolute atomic E-state index is 0.0109. The Morgan fingerprint density at radius 3 is 2.56 bits per heavy atom. The van der Waals surface area contributed by atoms with Crippen molar-refractivity contribution < 1.29 is 39.2 Å². The molecule has 188 valence electrons. The highest BCUT2D eigenvalue weighted by molar-refractivity contribution is 5.92. The predicted molar refractivity (Wildman–Crippen MR) is 121 cm³/mol. The first kappa shape index (κ1) is 25.0. The molecule has 0 unspecified atom stereocenters. The molecule has 0 bridgehead atoms. The number of carboxylic acid groups (broad SMARTS) is 1. The van der Waals surface area contributed by atoms with Crippen LogP contribution >= 0.6 is 0 Å². The van der Waals surface area contributed by atoms with Gasteiger partial charge in [0.15, 0.2) is 12.4 Å². The first-order valence-electron chi connectivity index (χ1n) is 12.5. The van der Waals surface area contributed by atoms with Crippen LogP contribution in [-0.2, 0) is 23.9 Å². The van der Waals surface area contributed by atoms with Gasteiger partial charge in [-0.2, -0.15) is 0 Å². The van der Waals surface area contributed by atoms with Gasteiger partial charge in [0.05, 0.1) is 6.10 Å². The minimum atomic E-state index is -1.69. The van der Waals surface area contributed by atoms with Gasteiger partial charge >= 0.3 is 11.9 Å². The van der Waals surface area contributed by atoms with Gasteiger partial charge in [-0.25, -0.2) is 0 Å². The van der Waals surface area contributed by atoms with Crippen LogP contribution in [0.15, 0.2) is 11.6 Å². The van der Waals surface area contributed by atoms with Crippen molar-refractivity contribution in [2.75, 3.05) is 6.61 Å².